The largest absolute Gasteiger partial charge is 0.466 e. The molecule has 3 aliphatic rings. The monoisotopic (exact) mass is 327 g/mol. The lowest BCUT2D eigenvalue weighted by Crippen LogP contribution is -2.40. The van der Waals surface area contributed by atoms with Gasteiger partial charge in [-0.1, -0.05) is 42.0 Å². The molecule has 3 aliphatic heterocycles. The zero-order chi connectivity index (χ0) is 16.9. The molecule has 5 heteroatoms. The smallest absolute Gasteiger partial charge is 0.312 e. The van der Waals surface area contributed by atoms with Gasteiger partial charge in [0.2, 0.25) is 5.91 Å². The summed E-state index contributed by atoms with van der Waals surface area (Å²) in [6.07, 6.45) is 3.53. The fraction of sp³-hybridized carbons (Fsp3) is 0.474. The molecule has 1 spiro atoms. The average molecular weight is 327 g/mol. The van der Waals surface area contributed by atoms with Crippen molar-refractivity contribution in [3.63, 3.8) is 0 Å². The average Bonchev–Trinajstić information content (AvgIpc) is 3.19. The maximum Gasteiger partial charge on any atom is 0.312 e. The van der Waals surface area contributed by atoms with E-state index in [0.29, 0.717) is 19.7 Å². The van der Waals surface area contributed by atoms with Crippen molar-refractivity contribution in [2.75, 3.05) is 13.2 Å². The third-order valence-corrected chi connectivity index (χ3v) is 5.23. The van der Waals surface area contributed by atoms with E-state index in [9.17, 15) is 9.59 Å². The highest BCUT2D eigenvalue weighted by atomic mass is 16.6. The van der Waals surface area contributed by atoms with Gasteiger partial charge in [-0.2, -0.15) is 0 Å². The minimum absolute atomic E-state index is 0.0134. The number of hydrogen-bond acceptors (Lipinski definition) is 4. The molecule has 2 bridgehead atoms. The maximum atomic E-state index is 13.0. The normalized spacial score (nSPS) is 33.2. The first-order valence-electron chi connectivity index (χ1n) is 8.42. The van der Waals surface area contributed by atoms with Gasteiger partial charge in [0, 0.05) is 6.54 Å². The number of aryl methyl sites for hydroxylation is 1. The predicted molar refractivity (Wildman–Crippen MR) is 87.0 cm³/mol. The van der Waals surface area contributed by atoms with E-state index in [-0.39, 0.29) is 18.0 Å². The summed E-state index contributed by atoms with van der Waals surface area (Å²) < 4.78 is 11.2. The van der Waals surface area contributed by atoms with Crippen molar-refractivity contribution in [1.82, 2.24) is 4.90 Å². The van der Waals surface area contributed by atoms with Crippen LogP contribution in [0.5, 0.6) is 0 Å². The number of rotatable bonds is 4. The molecular weight excluding hydrogens is 306 g/mol. The number of ether oxygens (including phenoxy) is 2. The molecule has 0 aromatic heterocycles. The molecule has 0 radical (unpaired) electrons. The van der Waals surface area contributed by atoms with Crippen molar-refractivity contribution in [2.45, 2.75) is 32.1 Å². The molecule has 5 nitrogen and oxygen atoms in total. The lowest BCUT2D eigenvalue weighted by molar-refractivity contribution is -0.153. The van der Waals surface area contributed by atoms with E-state index >= 15 is 0 Å². The van der Waals surface area contributed by atoms with Crippen LogP contribution in [0.1, 0.15) is 18.1 Å². The van der Waals surface area contributed by atoms with Gasteiger partial charge < -0.3 is 14.4 Å². The van der Waals surface area contributed by atoms with E-state index in [1.807, 2.05) is 43.3 Å². The zero-order valence-corrected chi connectivity index (χ0v) is 13.9. The first-order valence-corrected chi connectivity index (χ1v) is 8.42. The molecule has 0 N–H and O–H groups in total. The second-order valence-corrected chi connectivity index (χ2v) is 6.83. The number of likely N-dealkylation sites (tertiary alicyclic amines) is 1. The lowest BCUT2D eigenvalue weighted by atomic mass is 9.77. The highest BCUT2D eigenvalue weighted by Gasteiger charge is 2.67. The Kier molecular flexibility index (Phi) is 3.49. The number of nitrogens with zero attached hydrogens (tertiary/aromatic N) is 1. The minimum Gasteiger partial charge on any atom is -0.466 e. The van der Waals surface area contributed by atoms with Gasteiger partial charge in [-0.15, -0.1) is 0 Å². The van der Waals surface area contributed by atoms with Crippen molar-refractivity contribution in [1.29, 1.82) is 0 Å². The molecule has 1 amide bonds. The van der Waals surface area contributed by atoms with Crippen LogP contribution in [0.25, 0.3) is 0 Å². The fourth-order valence-corrected chi connectivity index (χ4v) is 4.13. The van der Waals surface area contributed by atoms with Gasteiger partial charge in [-0.25, -0.2) is 0 Å². The van der Waals surface area contributed by atoms with Crippen LogP contribution in [0.15, 0.2) is 36.4 Å². The second-order valence-electron chi connectivity index (χ2n) is 6.83. The Hall–Kier alpha value is -2.14. The van der Waals surface area contributed by atoms with Crippen molar-refractivity contribution in [2.24, 2.45) is 11.8 Å². The maximum absolute atomic E-state index is 13.0. The summed E-state index contributed by atoms with van der Waals surface area (Å²) in [7, 11) is 0. The van der Waals surface area contributed by atoms with Crippen LogP contribution in [0, 0.1) is 18.8 Å². The Morgan fingerprint density at radius 3 is 2.83 bits per heavy atom. The number of carbonyl (C=O) groups is 2. The van der Waals surface area contributed by atoms with E-state index in [2.05, 4.69) is 0 Å². The standard InChI is InChI=1S/C19H21NO4/c1-3-23-18(22)15-14-8-9-19(24-14)11-20(17(21)16(15)19)10-13-6-4-12(2)5-7-13/h4-9,14-16H,3,10-11H2,1-2H3. The van der Waals surface area contributed by atoms with E-state index in [4.69, 9.17) is 9.47 Å². The molecule has 3 heterocycles. The van der Waals surface area contributed by atoms with Crippen LogP contribution in [-0.4, -0.2) is 41.6 Å². The lowest BCUT2D eigenvalue weighted by Gasteiger charge is -2.22. The van der Waals surface area contributed by atoms with Crippen molar-refractivity contribution in [3.8, 4) is 0 Å². The van der Waals surface area contributed by atoms with Crippen molar-refractivity contribution < 1.29 is 19.1 Å². The first kappa shape index (κ1) is 15.4. The van der Waals surface area contributed by atoms with E-state index in [1.54, 1.807) is 11.8 Å². The molecule has 4 unspecified atom stereocenters. The number of hydrogen-bond donors (Lipinski definition) is 0. The molecule has 1 aromatic carbocycles. The number of carbonyl (C=O) groups excluding carboxylic acids is 2. The molecule has 126 valence electrons. The summed E-state index contributed by atoms with van der Waals surface area (Å²) in [5.41, 5.74) is 1.61. The minimum atomic E-state index is -0.663. The quantitative estimate of drug-likeness (QED) is 0.625. The summed E-state index contributed by atoms with van der Waals surface area (Å²) in [6.45, 7) is 5.15. The molecular formula is C19H21NO4. The van der Waals surface area contributed by atoms with Crippen LogP contribution in [0.2, 0.25) is 0 Å². The highest BCUT2D eigenvalue weighted by Crippen LogP contribution is 2.52. The second kappa shape index (κ2) is 5.45. The molecule has 4 atom stereocenters. The van der Waals surface area contributed by atoms with Gasteiger partial charge in [0.25, 0.3) is 0 Å². The molecule has 4 rings (SSSR count). The topological polar surface area (TPSA) is 55.8 Å². The van der Waals surface area contributed by atoms with Crippen LogP contribution < -0.4 is 0 Å². The SMILES string of the molecule is CCOC(=O)C1C2C=CC3(CN(Cc4ccc(C)cc4)C(=O)C13)O2. The van der Waals surface area contributed by atoms with Gasteiger partial charge in [0.05, 0.1) is 25.2 Å². The Morgan fingerprint density at radius 2 is 2.12 bits per heavy atom. The Balaban J connectivity index is 1.58. The molecule has 2 saturated heterocycles. The van der Waals surface area contributed by atoms with Gasteiger partial charge >= 0.3 is 5.97 Å². The molecule has 2 fully saturated rings. The van der Waals surface area contributed by atoms with Gasteiger partial charge in [-0.05, 0) is 19.4 Å². The highest BCUT2D eigenvalue weighted by molar-refractivity contribution is 5.91. The number of fused-ring (bicyclic) bond motifs is 1. The molecule has 0 saturated carbocycles. The summed E-state index contributed by atoms with van der Waals surface area (Å²) in [5.74, 6) is -1.33. The number of esters is 1. The Morgan fingerprint density at radius 1 is 1.38 bits per heavy atom. The van der Waals surface area contributed by atoms with Crippen LogP contribution >= 0.6 is 0 Å². The molecule has 24 heavy (non-hydrogen) atoms. The van der Waals surface area contributed by atoms with Gasteiger partial charge in [0.15, 0.2) is 0 Å². The van der Waals surface area contributed by atoms with Gasteiger partial charge in [-0.3, -0.25) is 9.59 Å². The summed E-state index contributed by atoms with van der Waals surface area (Å²) in [5, 5.41) is 0. The van der Waals surface area contributed by atoms with E-state index in [0.717, 1.165) is 5.56 Å². The third-order valence-electron chi connectivity index (χ3n) is 5.23. The van der Waals surface area contributed by atoms with Gasteiger partial charge in [0.1, 0.15) is 11.5 Å². The van der Waals surface area contributed by atoms with E-state index < -0.39 is 17.4 Å². The number of amides is 1. The summed E-state index contributed by atoms with van der Waals surface area (Å²) in [4.78, 5) is 27.1. The summed E-state index contributed by atoms with van der Waals surface area (Å²) >= 11 is 0. The molecule has 1 aromatic rings. The first-order chi connectivity index (χ1) is 11.5. The Bertz CT molecular complexity index is 711. The summed E-state index contributed by atoms with van der Waals surface area (Å²) in [6, 6.07) is 8.15. The fourth-order valence-electron chi connectivity index (χ4n) is 4.13. The third kappa shape index (κ3) is 2.18. The van der Waals surface area contributed by atoms with E-state index in [1.165, 1.54) is 5.56 Å². The zero-order valence-electron chi connectivity index (χ0n) is 13.9. The van der Waals surface area contributed by atoms with Crippen molar-refractivity contribution >= 4 is 11.9 Å². The predicted octanol–water partition coefficient (Wildman–Crippen LogP) is 1.84. The van der Waals surface area contributed by atoms with Crippen molar-refractivity contribution in [3.05, 3.63) is 47.5 Å². The van der Waals surface area contributed by atoms with Crippen LogP contribution in [0.3, 0.4) is 0 Å². The molecule has 0 aliphatic carbocycles. The van der Waals surface area contributed by atoms with Crippen LogP contribution in [0.4, 0.5) is 0 Å². The number of benzene rings is 1. The Labute approximate surface area is 141 Å². The van der Waals surface area contributed by atoms with Crippen LogP contribution in [-0.2, 0) is 25.6 Å².